The highest BCUT2D eigenvalue weighted by atomic mass is 16.5. The first-order valence-electron chi connectivity index (χ1n) is 7.21. The molecule has 6 nitrogen and oxygen atoms in total. The minimum absolute atomic E-state index is 0.212. The number of aryl methyl sites for hydroxylation is 2. The lowest BCUT2D eigenvalue weighted by Gasteiger charge is -2.33. The third kappa shape index (κ3) is 3.72. The minimum atomic E-state index is 0.212. The molecule has 2 aromatic heterocycles. The second-order valence-corrected chi connectivity index (χ2v) is 5.20. The molecule has 2 aromatic rings. The summed E-state index contributed by atoms with van der Waals surface area (Å²) in [6.07, 6.45) is 7.06. The maximum atomic E-state index is 5.85. The number of morpholine rings is 1. The number of aromatic nitrogens is 4. The SMILES string of the molecule is Cc1cc(CC[C@@H]2CN(c3ccncn3)CCO2)ncn1. The Morgan fingerprint density at radius 3 is 3.05 bits per heavy atom. The van der Waals surface area contributed by atoms with Gasteiger partial charge in [0.05, 0.1) is 12.7 Å². The van der Waals surface area contributed by atoms with Crippen LogP contribution in [0.2, 0.25) is 0 Å². The molecule has 1 saturated heterocycles. The highest BCUT2D eigenvalue weighted by molar-refractivity contribution is 5.37. The van der Waals surface area contributed by atoms with Gasteiger partial charge in [0.25, 0.3) is 0 Å². The van der Waals surface area contributed by atoms with Crippen molar-refractivity contribution in [3.63, 3.8) is 0 Å². The van der Waals surface area contributed by atoms with Gasteiger partial charge in [-0.1, -0.05) is 0 Å². The Morgan fingerprint density at radius 2 is 2.24 bits per heavy atom. The maximum Gasteiger partial charge on any atom is 0.132 e. The lowest BCUT2D eigenvalue weighted by atomic mass is 10.1. The fourth-order valence-electron chi connectivity index (χ4n) is 2.53. The van der Waals surface area contributed by atoms with Gasteiger partial charge in [-0.25, -0.2) is 19.9 Å². The molecule has 0 N–H and O–H groups in total. The quantitative estimate of drug-likeness (QED) is 0.846. The van der Waals surface area contributed by atoms with Crippen molar-refractivity contribution in [3.8, 4) is 0 Å². The summed E-state index contributed by atoms with van der Waals surface area (Å²) in [5.41, 5.74) is 2.08. The van der Waals surface area contributed by atoms with E-state index >= 15 is 0 Å². The van der Waals surface area contributed by atoms with Gasteiger partial charge in [0, 0.05) is 30.7 Å². The minimum Gasteiger partial charge on any atom is -0.375 e. The van der Waals surface area contributed by atoms with Gasteiger partial charge in [0.1, 0.15) is 18.5 Å². The van der Waals surface area contributed by atoms with E-state index in [0.29, 0.717) is 0 Å². The van der Waals surface area contributed by atoms with Crippen LogP contribution in [0, 0.1) is 6.92 Å². The Labute approximate surface area is 124 Å². The van der Waals surface area contributed by atoms with Crippen LogP contribution < -0.4 is 4.90 Å². The highest BCUT2D eigenvalue weighted by Crippen LogP contribution is 2.16. The average Bonchev–Trinajstić information content (AvgIpc) is 2.54. The summed E-state index contributed by atoms with van der Waals surface area (Å²) in [5, 5.41) is 0. The zero-order chi connectivity index (χ0) is 14.5. The summed E-state index contributed by atoms with van der Waals surface area (Å²) in [5.74, 6) is 0.969. The third-order valence-electron chi connectivity index (χ3n) is 3.61. The zero-order valence-corrected chi connectivity index (χ0v) is 12.1. The molecular formula is C15H19N5O. The van der Waals surface area contributed by atoms with Gasteiger partial charge in [0.15, 0.2) is 0 Å². The van der Waals surface area contributed by atoms with Crippen LogP contribution in [0.1, 0.15) is 17.8 Å². The lowest BCUT2D eigenvalue weighted by molar-refractivity contribution is 0.0350. The fourth-order valence-corrected chi connectivity index (χ4v) is 2.53. The Hall–Kier alpha value is -2.08. The fraction of sp³-hybridized carbons (Fsp3) is 0.467. The summed E-state index contributed by atoms with van der Waals surface area (Å²) >= 11 is 0. The zero-order valence-electron chi connectivity index (χ0n) is 12.1. The van der Waals surface area contributed by atoms with Crippen LogP contribution in [0.25, 0.3) is 0 Å². The van der Waals surface area contributed by atoms with Crippen molar-refractivity contribution in [1.82, 2.24) is 19.9 Å². The van der Waals surface area contributed by atoms with Crippen molar-refractivity contribution < 1.29 is 4.74 Å². The molecule has 6 heteroatoms. The molecule has 0 bridgehead atoms. The average molecular weight is 285 g/mol. The molecule has 0 radical (unpaired) electrons. The van der Waals surface area contributed by atoms with Crippen molar-refractivity contribution in [2.24, 2.45) is 0 Å². The molecule has 1 aliphatic heterocycles. The van der Waals surface area contributed by atoms with E-state index in [-0.39, 0.29) is 6.10 Å². The molecule has 0 unspecified atom stereocenters. The van der Waals surface area contributed by atoms with Crippen LogP contribution in [-0.4, -0.2) is 45.7 Å². The summed E-state index contributed by atoms with van der Waals surface area (Å²) < 4.78 is 5.85. The number of hydrogen-bond acceptors (Lipinski definition) is 6. The van der Waals surface area contributed by atoms with Crippen molar-refractivity contribution in [3.05, 3.63) is 42.4 Å². The van der Waals surface area contributed by atoms with Crippen molar-refractivity contribution in [2.75, 3.05) is 24.6 Å². The summed E-state index contributed by atoms with van der Waals surface area (Å²) in [7, 11) is 0. The van der Waals surface area contributed by atoms with E-state index in [1.807, 2.05) is 19.1 Å². The topological polar surface area (TPSA) is 64.0 Å². The van der Waals surface area contributed by atoms with Gasteiger partial charge in [0.2, 0.25) is 0 Å². The second kappa shape index (κ2) is 6.58. The Morgan fingerprint density at radius 1 is 1.29 bits per heavy atom. The van der Waals surface area contributed by atoms with E-state index in [4.69, 9.17) is 4.74 Å². The number of rotatable bonds is 4. The lowest BCUT2D eigenvalue weighted by Crippen LogP contribution is -2.43. The van der Waals surface area contributed by atoms with Gasteiger partial charge < -0.3 is 9.64 Å². The van der Waals surface area contributed by atoms with E-state index in [1.165, 1.54) is 0 Å². The molecule has 1 atom stereocenters. The van der Waals surface area contributed by atoms with E-state index < -0.39 is 0 Å². The standard InChI is InChI=1S/C15H19N5O/c1-12-8-13(18-11-17-12)2-3-14-9-20(6-7-21-14)15-4-5-16-10-19-15/h4-5,8,10-11,14H,2-3,6-7,9H2,1H3/t14-/m1/s1. The van der Waals surface area contributed by atoms with Gasteiger partial charge in [-0.05, 0) is 31.9 Å². The number of nitrogens with zero attached hydrogens (tertiary/aromatic N) is 5. The molecule has 1 aliphatic rings. The molecule has 0 amide bonds. The number of anilines is 1. The van der Waals surface area contributed by atoms with Crippen LogP contribution in [0.15, 0.2) is 31.0 Å². The Kier molecular flexibility index (Phi) is 4.35. The first kappa shape index (κ1) is 13.9. The molecular weight excluding hydrogens is 266 g/mol. The predicted octanol–water partition coefficient (Wildman–Crippen LogP) is 1.41. The van der Waals surface area contributed by atoms with Crippen molar-refractivity contribution in [1.29, 1.82) is 0 Å². The van der Waals surface area contributed by atoms with Crippen LogP contribution in [0.5, 0.6) is 0 Å². The summed E-state index contributed by atoms with van der Waals surface area (Å²) in [6.45, 7) is 4.46. The van der Waals surface area contributed by atoms with E-state index in [1.54, 1.807) is 18.9 Å². The van der Waals surface area contributed by atoms with Crippen molar-refractivity contribution >= 4 is 5.82 Å². The molecule has 0 aliphatic carbocycles. The summed E-state index contributed by atoms with van der Waals surface area (Å²) in [4.78, 5) is 18.9. The Balaban J connectivity index is 1.57. The first-order valence-corrected chi connectivity index (χ1v) is 7.21. The van der Waals surface area contributed by atoms with E-state index in [9.17, 15) is 0 Å². The molecule has 0 aromatic carbocycles. The predicted molar refractivity (Wildman–Crippen MR) is 79.1 cm³/mol. The van der Waals surface area contributed by atoms with E-state index in [2.05, 4.69) is 24.8 Å². The molecule has 21 heavy (non-hydrogen) atoms. The largest absolute Gasteiger partial charge is 0.375 e. The van der Waals surface area contributed by atoms with Gasteiger partial charge >= 0.3 is 0 Å². The molecule has 110 valence electrons. The highest BCUT2D eigenvalue weighted by Gasteiger charge is 2.21. The molecule has 3 heterocycles. The second-order valence-electron chi connectivity index (χ2n) is 5.20. The smallest absolute Gasteiger partial charge is 0.132 e. The molecule has 0 spiro atoms. The molecule has 1 fully saturated rings. The van der Waals surface area contributed by atoms with Gasteiger partial charge in [-0.15, -0.1) is 0 Å². The Bertz CT molecular complexity index is 577. The van der Waals surface area contributed by atoms with Crippen LogP contribution in [-0.2, 0) is 11.2 Å². The van der Waals surface area contributed by atoms with Gasteiger partial charge in [-0.3, -0.25) is 0 Å². The van der Waals surface area contributed by atoms with E-state index in [0.717, 1.165) is 49.7 Å². The van der Waals surface area contributed by atoms with Crippen molar-refractivity contribution in [2.45, 2.75) is 25.9 Å². The molecule has 3 rings (SSSR count). The molecule has 0 saturated carbocycles. The monoisotopic (exact) mass is 285 g/mol. The number of ether oxygens (including phenoxy) is 1. The first-order chi connectivity index (χ1) is 10.3. The summed E-state index contributed by atoms with van der Waals surface area (Å²) in [6, 6.07) is 3.97. The van der Waals surface area contributed by atoms with Crippen LogP contribution >= 0.6 is 0 Å². The van der Waals surface area contributed by atoms with Crippen LogP contribution in [0.3, 0.4) is 0 Å². The van der Waals surface area contributed by atoms with Gasteiger partial charge in [-0.2, -0.15) is 0 Å². The van der Waals surface area contributed by atoms with Crippen LogP contribution in [0.4, 0.5) is 5.82 Å². The number of hydrogen-bond donors (Lipinski definition) is 0. The third-order valence-corrected chi connectivity index (χ3v) is 3.61. The maximum absolute atomic E-state index is 5.85. The normalized spacial score (nSPS) is 18.7.